The summed E-state index contributed by atoms with van der Waals surface area (Å²) in [5.74, 6) is 2.38. The van der Waals surface area contributed by atoms with Gasteiger partial charge in [0.15, 0.2) is 11.5 Å². The van der Waals surface area contributed by atoms with Crippen LogP contribution in [0.5, 0.6) is 0 Å². The fourth-order valence-electron chi connectivity index (χ4n) is 7.04. The molecule has 1 saturated heterocycles. The number of nitrogens with two attached hydrogens (primary N) is 1. The third-order valence-corrected chi connectivity index (χ3v) is 9.45. The molecule has 0 radical (unpaired) electrons. The molecule has 4 heterocycles. The van der Waals surface area contributed by atoms with Crippen molar-refractivity contribution in [2.45, 2.75) is 38.0 Å². The summed E-state index contributed by atoms with van der Waals surface area (Å²) in [5.41, 5.74) is 13.0. The van der Waals surface area contributed by atoms with Crippen molar-refractivity contribution >= 4 is 23.0 Å². The Labute approximate surface area is 257 Å². The van der Waals surface area contributed by atoms with Crippen LogP contribution in [0.25, 0.3) is 39.5 Å². The predicted octanol–water partition coefficient (Wildman–Crippen LogP) is 6.50. The van der Waals surface area contributed by atoms with Crippen molar-refractivity contribution in [2.75, 3.05) is 32.5 Å². The highest BCUT2D eigenvalue weighted by Crippen LogP contribution is 2.35. The average Bonchev–Trinajstić information content (AvgIpc) is 3.70. The number of carbonyl (C=O) groups excluding carboxylic acids is 1. The van der Waals surface area contributed by atoms with Crippen molar-refractivity contribution in [3.63, 3.8) is 0 Å². The molecule has 8 nitrogen and oxygen atoms in total. The number of benzene rings is 2. The molecule has 0 spiro atoms. The fraction of sp³-hybridized carbons (Fsp3) is 0.333. The third kappa shape index (κ3) is 5.57. The van der Waals surface area contributed by atoms with Gasteiger partial charge >= 0.3 is 5.97 Å². The van der Waals surface area contributed by atoms with Crippen LogP contribution in [0.15, 0.2) is 85.1 Å². The Hall–Kier alpha value is -4.56. The normalized spacial score (nSPS) is 20.6. The van der Waals surface area contributed by atoms with E-state index < -0.39 is 0 Å². The lowest BCUT2D eigenvalue weighted by atomic mass is 9.82. The number of imidazole rings is 1. The Balaban J connectivity index is 1.13. The number of aromatic nitrogens is 4. The molecule has 2 N–H and O–H groups in total. The van der Waals surface area contributed by atoms with E-state index in [2.05, 4.69) is 50.8 Å². The summed E-state index contributed by atoms with van der Waals surface area (Å²) in [7, 11) is 1.50. The van der Waals surface area contributed by atoms with Gasteiger partial charge in [-0.15, -0.1) is 0 Å². The minimum atomic E-state index is -0.0414. The van der Waals surface area contributed by atoms with Crippen molar-refractivity contribution in [1.82, 2.24) is 24.4 Å². The summed E-state index contributed by atoms with van der Waals surface area (Å²) in [6.45, 7) is 3.31. The van der Waals surface area contributed by atoms with Crippen molar-refractivity contribution in [3.8, 4) is 28.3 Å². The highest BCUT2D eigenvalue weighted by molar-refractivity contribution is 5.84. The number of fused-ring (bicyclic) bond motifs is 1. The summed E-state index contributed by atoms with van der Waals surface area (Å²) in [5, 5.41) is 0. The molecule has 1 atom stereocenters. The van der Waals surface area contributed by atoms with Crippen molar-refractivity contribution in [3.05, 3.63) is 90.6 Å². The molecule has 0 amide bonds. The number of likely N-dealkylation sites (tertiary alicyclic amines) is 1. The number of rotatable bonds is 7. The predicted molar refractivity (Wildman–Crippen MR) is 173 cm³/mol. The number of anilines is 1. The maximum absolute atomic E-state index is 11.9. The molecular formula is C36H38N6O2. The van der Waals surface area contributed by atoms with Crippen LogP contribution < -0.4 is 5.73 Å². The van der Waals surface area contributed by atoms with Gasteiger partial charge < -0.3 is 15.4 Å². The van der Waals surface area contributed by atoms with Crippen LogP contribution in [-0.2, 0) is 9.53 Å². The summed E-state index contributed by atoms with van der Waals surface area (Å²) in [6.07, 6.45) is 6.98. The second kappa shape index (κ2) is 12.2. The van der Waals surface area contributed by atoms with E-state index in [1.165, 1.54) is 12.7 Å². The molecule has 1 aliphatic heterocycles. The first-order chi connectivity index (χ1) is 21.6. The first-order valence-electron chi connectivity index (χ1n) is 15.6. The van der Waals surface area contributed by atoms with Gasteiger partial charge in [0.2, 0.25) is 0 Å². The molecule has 3 aromatic heterocycles. The zero-order chi connectivity index (χ0) is 30.0. The monoisotopic (exact) mass is 586 g/mol. The minimum Gasteiger partial charge on any atom is -0.469 e. The number of nitrogens with zero attached hydrogens (tertiary/aromatic N) is 5. The molecule has 224 valence electrons. The summed E-state index contributed by atoms with van der Waals surface area (Å²) < 4.78 is 7.07. The van der Waals surface area contributed by atoms with Crippen LogP contribution in [0, 0.1) is 11.8 Å². The number of pyridine rings is 2. The van der Waals surface area contributed by atoms with E-state index in [0.29, 0.717) is 17.7 Å². The van der Waals surface area contributed by atoms with E-state index in [4.69, 9.17) is 20.4 Å². The molecule has 1 saturated carbocycles. The Morgan fingerprint density at radius 3 is 2.45 bits per heavy atom. The van der Waals surface area contributed by atoms with Gasteiger partial charge in [0.05, 0.1) is 24.3 Å². The SMILES string of the molecule is COC(=O)[C@H]1CC[C@H](CN2CC[C@H](c3ccc(-n4c(-c5cccnc5N)nc5ccc(-c6ccccc6)nc54)cc3)C2)CC1. The van der Waals surface area contributed by atoms with E-state index in [0.717, 1.165) is 91.2 Å². The average molecular weight is 587 g/mol. The third-order valence-electron chi connectivity index (χ3n) is 9.45. The van der Waals surface area contributed by atoms with Gasteiger partial charge in [0.1, 0.15) is 11.3 Å². The smallest absolute Gasteiger partial charge is 0.308 e. The lowest BCUT2D eigenvalue weighted by molar-refractivity contribution is -0.146. The van der Waals surface area contributed by atoms with Crippen LogP contribution in [-0.4, -0.2) is 57.1 Å². The highest BCUT2D eigenvalue weighted by atomic mass is 16.5. The Kier molecular flexibility index (Phi) is 7.83. The number of hydrogen-bond acceptors (Lipinski definition) is 7. The first kappa shape index (κ1) is 28.2. The number of esters is 1. The number of carbonyl (C=O) groups is 1. The largest absolute Gasteiger partial charge is 0.469 e. The van der Waals surface area contributed by atoms with E-state index in [1.807, 2.05) is 42.5 Å². The fourth-order valence-corrected chi connectivity index (χ4v) is 7.04. The molecule has 2 aliphatic rings. The number of ether oxygens (including phenoxy) is 1. The highest BCUT2D eigenvalue weighted by Gasteiger charge is 2.30. The van der Waals surface area contributed by atoms with Crippen LogP contribution in [0.3, 0.4) is 0 Å². The van der Waals surface area contributed by atoms with E-state index in [-0.39, 0.29) is 11.9 Å². The van der Waals surface area contributed by atoms with Gasteiger partial charge in [-0.05, 0) is 92.4 Å². The molecule has 5 aromatic rings. The van der Waals surface area contributed by atoms with Crippen LogP contribution in [0.4, 0.5) is 5.82 Å². The molecule has 8 heteroatoms. The second-order valence-corrected chi connectivity index (χ2v) is 12.2. The maximum atomic E-state index is 11.9. The standard InChI is InChI=1S/C36H38N6O2/c1-44-36(43)27-11-9-24(10-12-27)22-41-21-19-28(23-41)25-13-15-29(16-14-25)42-34(30-8-5-20-38-33(30)37)40-32-18-17-31(39-35(32)42)26-6-3-2-4-7-26/h2-8,13-18,20,24,27-28H,9-12,19,21-23H2,1H3,(H2,37,38)/t24-,27-,28-/m0/s1. The summed E-state index contributed by atoms with van der Waals surface area (Å²) in [6, 6.07) is 27.0. The van der Waals surface area contributed by atoms with Gasteiger partial charge in [-0.3, -0.25) is 9.36 Å². The summed E-state index contributed by atoms with van der Waals surface area (Å²) >= 11 is 0. The lowest BCUT2D eigenvalue weighted by Crippen LogP contribution is -2.31. The minimum absolute atomic E-state index is 0.0414. The molecule has 44 heavy (non-hydrogen) atoms. The topological polar surface area (TPSA) is 99.2 Å². The quantitative estimate of drug-likeness (QED) is 0.217. The van der Waals surface area contributed by atoms with Crippen LogP contribution >= 0.6 is 0 Å². The second-order valence-electron chi connectivity index (χ2n) is 12.2. The van der Waals surface area contributed by atoms with E-state index in [1.54, 1.807) is 6.20 Å². The molecule has 0 bridgehead atoms. The number of nitrogen functional groups attached to an aromatic ring is 1. The molecule has 7 rings (SSSR count). The van der Waals surface area contributed by atoms with Crippen molar-refractivity contribution in [2.24, 2.45) is 11.8 Å². The van der Waals surface area contributed by atoms with Crippen molar-refractivity contribution < 1.29 is 9.53 Å². The molecule has 2 aromatic carbocycles. The van der Waals surface area contributed by atoms with Gasteiger partial charge in [0.25, 0.3) is 0 Å². The summed E-state index contributed by atoms with van der Waals surface area (Å²) in [4.78, 5) is 28.9. The zero-order valence-corrected chi connectivity index (χ0v) is 25.1. The van der Waals surface area contributed by atoms with Gasteiger partial charge in [-0.25, -0.2) is 15.0 Å². The van der Waals surface area contributed by atoms with Gasteiger partial charge in [-0.2, -0.15) is 0 Å². The molecule has 1 aliphatic carbocycles. The van der Waals surface area contributed by atoms with Gasteiger partial charge in [-0.1, -0.05) is 42.5 Å². The zero-order valence-electron chi connectivity index (χ0n) is 25.1. The Morgan fingerprint density at radius 2 is 1.70 bits per heavy atom. The van der Waals surface area contributed by atoms with Gasteiger partial charge in [0, 0.05) is 30.5 Å². The number of hydrogen-bond donors (Lipinski definition) is 1. The Morgan fingerprint density at radius 1 is 0.909 bits per heavy atom. The first-order valence-corrected chi connectivity index (χ1v) is 15.6. The van der Waals surface area contributed by atoms with Crippen LogP contribution in [0.1, 0.15) is 43.6 Å². The number of methoxy groups -OCH3 is 1. The van der Waals surface area contributed by atoms with E-state index >= 15 is 0 Å². The molecule has 0 unspecified atom stereocenters. The van der Waals surface area contributed by atoms with E-state index in [9.17, 15) is 4.79 Å². The van der Waals surface area contributed by atoms with Crippen LogP contribution in [0.2, 0.25) is 0 Å². The Bertz CT molecular complexity index is 1760. The molecule has 2 fully saturated rings. The molecular weight excluding hydrogens is 548 g/mol. The maximum Gasteiger partial charge on any atom is 0.308 e. The lowest BCUT2D eigenvalue weighted by Gasteiger charge is -2.30. The van der Waals surface area contributed by atoms with Crippen molar-refractivity contribution in [1.29, 1.82) is 0 Å².